The summed E-state index contributed by atoms with van der Waals surface area (Å²) in [5.74, 6) is 2.65. The predicted molar refractivity (Wildman–Crippen MR) is 336 cm³/mol. The summed E-state index contributed by atoms with van der Waals surface area (Å²) in [6.07, 6.45) is 28.3. The summed E-state index contributed by atoms with van der Waals surface area (Å²) < 4.78 is 18.1. The summed E-state index contributed by atoms with van der Waals surface area (Å²) in [6, 6.07) is 45.7. The van der Waals surface area contributed by atoms with Crippen molar-refractivity contribution in [3.8, 4) is 23.0 Å². The SMILES string of the molecule is CCCCCCCCCCCCc1ccc(Oc2cc3c(=O)n4c5ccccc5[nH]c4c4cc(Oc5ccc(CCCCCCCCCCCC)cc5)c5c6ccc7c8c(ccc(c2c5c34)c68)c(=O)n2c3ccccc3[nH]c72)cc1. The number of hydrogen-bond acceptors (Lipinski definition) is 4. The van der Waals surface area contributed by atoms with Gasteiger partial charge < -0.3 is 19.4 Å². The number of ether oxygens (including phenoxy) is 2. The minimum atomic E-state index is -0.129. The number of fused-ring (bicyclic) bond motifs is 10. The van der Waals surface area contributed by atoms with Gasteiger partial charge in [-0.25, -0.2) is 0 Å². The van der Waals surface area contributed by atoms with Crippen LogP contribution in [-0.4, -0.2) is 18.8 Å². The Balaban J connectivity index is 0.938. The molecule has 0 amide bonds. The van der Waals surface area contributed by atoms with E-state index in [1.807, 2.05) is 69.5 Å². The molecule has 8 heteroatoms. The first-order chi connectivity index (χ1) is 39.5. The number of hydrogen-bond donors (Lipinski definition) is 2. The van der Waals surface area contributed by atoms with Crippen LogP contribution in [0.15, 0.2) is 143 Å². The van der Waals surface area contributed by atoms with E-state index < -0.39 is 0 Å². The van der Waals surface area contributed by atoms with Gasteiger partial charge in [-0.2, -0.15) is 0 Å². The third-order valence-electron chi connectivity index (χ3n) is 17.6. The summed E-state index contributed by atoms with van der Waals surface area (Å²) in [5.41, 5.74) is 7.24. The molecule has 0 bridgehead atoms. The molecule has 0 atom stereocenters. The molecular formula is C72H74N4O4. The Morgan fingerprint density at radius 3 is 1.21 bits per heavy atom. The van der Waals surface area contributed by atoms with Gasteiger partial charge in [-0.15, -0.1) is 0 Å². The number of nitrogens with zero attached hydrogens (tertiary/aromatic N) is 2. The van der Waals surface area contributed by atoms with Gasteiger partial charge in [0.25, 0.3) is 11.1 Å². The van der Waals surface area contributed by atoms with Crippen molar-refractivity contribution in [2.24, 2.45) is 0 Å². The maximum Gasteiger partial charge on any atom is 0.264 e. The number of para-hydroxylation sites is 4. The third kappa shape index (κ3) is 9.48. The summed E-state index contributed by atoms with van der Waals surface area (Å²) in [4.78, 5) is 37.6. The fraction of sp³-hybridized carbons (Fsp3) is 0.333. The molecule has 2 N–H and O–H groups in total. The quantitative estimate of drug-likeness (QED) is 0.0321. The molecule has 80 heavy (non-hydrogen) atoms. The van der Waals surface area contributed by atoms with E-state index in [1.165, 1.54) is 133 Å². The Labute approximate surface area is 467 Å². The van der Waals surface area contributed by atoms with Gasteiger partial charge in [0.05, 0.1) is 27.5 Å². The summed E-state index contributed by atoms with van der Waals surface area (Å²) in [7, 11) is 0. The van der Waals surface area contributed by atoms with Crippen molar-refractivity contribution in [1.82, 2.24) is 18.8 Å². The van der Waals surface area contributed by atoms with Crippen LogP contribution in [0.1, 0.15) is 153 Å². The minimum Gasteiger partial charge on any atom is -0.457 e. The van der Waals surface area contributed by atoms with Gasteiger partial charge in [0, 0.05) is 43.1 Å². The molecule has 9 aromatic carbocycles. The molecule has 0 aliphatic rings. The molecular weight excluding hydrogens is 985 g/mol. The number of aromatic nitrogens is 4. The predicted octanol–water partition coefficient (Wildman–Crippen LogP) is 20.2. The highest BCUT2D eigenvalue weighted by Crippen LogP contribution is 2.53. The number of imidazole rings is 2. The molecule has 406 valence electrons. The van der Waals surface area contributed by atoms with E-state index in [1.54, 1.807) is 0 Å². The topological polar surface area (TPSA) is 93.0 Å². The van der Waals surface area contributed by atoms with E-state index in [2.05, 4.69) is 96.6 Å². The Kier molecular flexibility index (Phi) is 14.7. The van der Waals surface area contributed by atoms with Gasteiger partial charge in [-0.3, -0.25) is 18.4 Å². The molecule has 0 radical (unpaired) electrons. The molecule has 8 nitrogen and oxygen atoms in total. The smallest absolute Gasteiger partial charge is 0.264 e. The molecule has 0 aliphatic carbocycles. The maximum absolute atomic E-state index is 15.4. The summed E-state index contributed by atoms with van der Waals surface area (Å²) in [5, 5.41) is 10.2. The average molecular weight is 1060 g/mol. The number of aromatic amines is 2. The highest BCUT2D eigenvalue weighted by Gasteiger charge is 2.28. The molecule has 0 spiro atoms. The number of aryl methyl sites for hydroxylation is 2. The first-order valence-electron chi connectivity index (χ1n) is 30.5. The monoisotopic (exact) mass is 1060 g/mol. The van der Waals surface area contributed by atoms with Crippen LogP contribution in [0.4, 0.5) is 0 Å². The standard InChI is InChI=1S/C72H74N4O4/c1-3-5-7-9-11-13-15-17-19-21-27-47-33-37-49(38-34-47)79-61-45-55-65-56(72(78)76-60-32-26-24-30-58(60)74-70(55)76)46-62(80-50-39-35-48(36-40-50)28-22-20-18-16-14-12-10-8-6-4-2)67-52-42-44-54-64-53(43-41-51(63(52)64)66(61)68(65)67)69-73-57-29-23-25-31-59(57)75(69)71(54)77/h23-26,29-46,73-74H,3-22,27-28H2,1-2H3. The molecule has 0 saturated carbocycles. The van der Waals surface area contributed by atoms with Crippen LogP contribution in [0.25, 0.3) is 98.0 Å². The van der Waals surface area contributed by atoms with Crippen LogP contribution >= 0.6 is 0 Å². The van der Waals surface area contributed by atoms with Gasteiger partial charge in [0.2, 0.25) is 0 Å². The lowest BCUT2D eigenvalue weighted by molar-refractivity contribution is 0.488. The molecule has 13 aromatic rings. The van der Waals surface area contributed by atoms with Crippen LogP contribution in [0, 0.1) is 0 Å². The highest BCUT2D eigenvalue weighted by molar-refractivity contribution is 6.42. The summed E-state index contributed by atoms with van der Waals surface area (Å²) >= 11 is 0. The second-order valence-electron chi connectivity index (χ2n) is 23.0. The fourth-order valence-electron chi connectivity index (χ4n) is 13.5. The minimum absolute atomic E-state index is 0.0811. The van der Waals surface area contributed by atoms with Crippen molar-refractivity contribution in [3.63, 3.8) is 0 Å². The molecule has 13 rings (SSSR count). The van der Waals surface area contributed by atoms with Crippen LogP contribution in [0.2, 0.25) is 0 Å². The number of benzene rings is 9. The third-order valence-corrected chi connectivity index (χ3v) is 17.6. The fourth-order valence-corrected chi connectivity index (χ4v) is 13.5. The Morgan fingerprint density at radius 2 is 0.725 bits per heavy atom. The number of H-pyrrole nitrogens is 2. The Morgan fingerprint density at radius 1 is 0.350 bits per heavy atom. The first kappa shape index (κ1) is 51.6. The van der Waals surface area contributed by atoms with Crippen molar-refractivity contribution in [1.29, 1.82) is 0 Å². The van der Waals surface area contributed by atoms with Gasteiger partial charge in [-0.1, -0.05) is 196 Å². The van der Waals surface area contributed by atoms with E-state index in [0.29, 0.717) is 33.7 Å². The maximum atomic E-state index is 15.4. The molecule has 0 unspecified atom stereocenters. The van der Waals surface area contributed by atoms with Crippen LogP contribution in [-0.2, 0) is 12.8 Å². The molecule has 4 heterocycles. The van der Waals surface area contributed by atoms with E-state index in [0.717, 1.165) is 107 Å². The van der Waals surface area contributed by atoms with Crippen LogP contribution < -0.4 is 20.6 Å². The Bertz CT molecular complexity index is 4420. The Hall–Kier alpha value is -7.84. The summed E-state index contributed by atoms with van der Waals surface area (Å²) in [6.45, 7) is 4.56. The van der Waals surface area contributed by atoms with Crippen molar-refractivity contribution in [2.45, 2.75) is 155 Å². The lowest BCUT2D eigenvalue weighted by atomic mass is 9.85. The molecule has 0 aliphatic heterocycles. The van der Waals surface area contributed by atoms with Crippen molar-refractivity contribution in [2.75, 3.05) is 0 Å². The number of rotatable bonds is 26. The lowest BCUT2D eigenvalue weighted by Gasteiger charge is -2.22. The largest absolute Gasteiger partial charge is 0.457 e. The number of unbranched alkanes of at least 4 members (excludes halogenated alkanes) is 18. The van der Waals surface area contributed by atoms with Crippen LogP contribution in [0.5, 0.6) is 23.0 Å². The van der Waals surface area contributed by atoms with E-state index >= 15 is 4.79 Å². The normalized spacial score (nSPS) is 12.3. The van der Waals surface area contributed by atoms with E-state index in [9.17, 15) is 4.79 Å². The zero-order valence-electron chi connectivity index (χ0n) is 46.8. The zero-order chi connectivity index (χ0) is 54.1. The number of pyridine rings is 2. The highest BCUT2D eigenvalue weighted by atomic mass is 16.5. The van der Waals surface area contributed by atoms with Gasteiger partial charge >= 0.3 is 0 Å². The molecule has 0 fully saturated rings. The van der Waals surface area contributed by atoms with E-state index in [-0.39, 0.29) is 11.1 Å². The van der Waals surface area contributed by atoms with Crippen molar-refractivity contribution >= 4 is 98.0 Å². The second kappa shape index (κ2) is 22.7. The zero-order valence-corrected chi connectivity index (χ0v) is 46.8. The molecule has 0 saturated heterocycles. The van der Waals surface area contributed by atoms with Crippen LogP contribution in [0.3, 0.4) is 0 Å². The number of nitrogens with one attached hydrogen (secondary N) is 2. The van der Waals surface area contributed by atoms with Crippen molar-refractivity contribution < 1.29 is 9.47 Å². The van der Waals surface area contributed by atoms with Gasteiger partial charge in [0.1, 0.15) is 34.3 Å². The second-order valence-corrected chi connectivity index (χ2v) is 23.0. The van der Waals surface area contributed by atoms with E-state index in [4.69, 9.17) is 9.47 Å². The first-order valence-corrected chi connectivity index (χ1v) is 30.5. The lowest BCUT2D eigenvalue weighted by Crippen LogP contribution is -2.14. The molecule has 4 aromatic heterocycles. The van der Waals surface area contributed by atoms with Gasteiger partial charge in [-0.05, 0) is 120 Å². The average Bonchev–Trinajstić information content (AvgIpc) is 2.12. The van der Waals surface area contributed by atoms with Gasteiger partial charge in [0.15, 0.2) is 0 Å². The van der Waals surface area contributed by atoms with Crippen molar-refractivity contribution in [3.05, 3.63) is 165 Å².